The second kappa shape index (κ2) is 9.76. The summed E-state index contributed by atoms with van der Waals surface area (Å²) in [6.45, 7) is 12.6. The predicted octanol–water partition coefficient (Wildman–Crippen LogP) is 3.64. The number of nitrogens with one attached hydrogen (secondary N) is 1. The fourth-order valence-corrected chi connectivity index (χ4v) is 5.22. The molecule has 0 radical (unpaired) electrons. The minimum absolute atomic E-state index is 0.0644. The van der Waals surface area contributed by atoms with Crippen LogP contribution in [0.2, 0.25) is 0 Å². The van der Waals surface area contributed by atoms with E-state index >= 15 is 0 Å². The topological polar surface area (TPSA) is 57.7 Å². The fourth-order valence-electron chi connectivity index (χ4n) is 5.22. The standard InChI is InChI=1S/C25H40N4O2/c1-25(2,3)18-22(30)27-21-6-4-19(5-7-21)9-12-28-13-15-29(16-14-28)24-23-20(8-11-26-24)10-17-31-23/h8,11,19,21H,4-7,9-10,12-18H2,1-3H3,(H,27,30). The molecule has 6 nitrogen and oxygen atoms in total. The third-order valence-electron chi connectivity index (χ3n) is 7.01. The van der Waals surface area contributed by atoms with Gasteiger partial charge < -0.3 is 15.0 Å². The minimum atomic E-state index is 0.0644. The Morgan fingerprint density at radius 2 is 1.90 bits per heavy atom. The van der Waals surface area contributed by atoms with E-state index < -0.39 is 0 Å². The number of fused-ring (bicyclic) bond motifs is 1. The van der Waals surface area contributed by atoms with Crippen LogP contribution in [0.1, 0.15) is 64.9 Å². The van der Waals surface area contributed by atoms with Crippen molar-refractivity contribution in [1.29, 1.82) is 0 Å². The number of amides is 1. The molecule has 0 aromatic carbocycles. The maximum Gasteiger partial charge on any atom is 0.220 e. The van der Waals surface area contributed by atoms with Crippen molar-refractivity contribution in [3.05, 3.63) is 17.8 Å². The first-order valence-corrected chi connectivity index (χ1v) is 12.2. The molecule has 1 aliphatic carbocycles. The van der Waals surface area contributed by atoms with Crippen LogP contribution >= 0.6 is 0 Å². The highest BCUT2D eigenvalue weighted by Gasteiger charge is 2.27. The Hall–Kier alpha value is -1.82. The Morgan fingerprint density at radius 1 is 1.16 bits per heavy atom. The summed E-state index contributed by atoms with van der Waals surface area (Å²) in [5.41, 5.74) is 1.37. The van der Waals surface area contributed by atoms with Gasteiger partial charge in [0.2, 0.25) is 5.91 Å². The SMILES string of the molecule is CC(C)(C)CC(=O)NC1CCC(CCN2CCN(c3nccc4c3OCC4)CC2)CC1. The molecule has 0 unspecified atom stereocenters. The summed E-state index contributed by atoms with van der Waals surface area (Å²) < 4.78 is 5.85. The lowest BCUT2D eigenvalue weighted by Crippen LogP contribution is -2.47. The zero-order valence-corrected chi connectivity index (χ0v) is 19.7. The van der Waals surface area contributed by atoms with Crippen molar-refractivity contribution in [2.24, 2.45) is 11.3 Å². The molecule has 1 aromatic rings. The largest absolute Gasteiger partial charge is 0.489 e. The summed E-state index contributed by atoms with van der Waals surface area (Å²) >= 11 is 0. The van der Waals surface area contributed by atoms with Gasteiger partial charge in [0.15, 0.2) is 11.6 Å². The van der Waals surface area contributed by atoms with E-state index in [1.54, 1.807) is 0 Å². The Labute approximate surface area is 187 Å². The number of piperazine rings is 1. The number of ether oxygens (including phenoxy) is 1. The number of rotatable bonds is 6. The van der Waals surface area contributed by atoms with Gasteiger partial charge in [-0.15, -0.1) is 0 Å². The zero-order valence-electron chi connectivity index (χ0n) is 19.7. The Morgan fingerprint density at radius 3 is 2.61 bits per heavy atom. The van der Waals surface area contributed by atoms with E-state index in [1.807, 2.05) is 6.20 Å². The zero-order chi connectivity index (χ0) is 21.8. The normalized spacial score (nSPS) is 24.5. The lowest BCUT2D eigenvalue weighted by atomic mass is 9.83. The van der Waals surface area contributed by atoms with Gasteiger partial charge >= 0.3 is 0 Å². The molecule has 1 amide bonds. The maximum atomic E-state index is 12.2. The van der Waals surface area contributed by atoms with Crippen molar-refractivity contribution in [1.82, 2.24) is 15.2 Å². The van der Waals surface area contributed by atoms with Crippen molar-refractivity contribution in [3.63, 3.8) is 0 Å². The van der Waals surface area contributed by atoms with Crippen LogP contribution in [0.25, 0.3) is 0 Å². The predicted molar refractivity (Wildman–Crippen MR) is 125 cm³/mol. The average Bonchev–Trinajstić information content (AvgIpc) is 3.21. The third-order valence-corrected chi connectivity index (χ3v) is 7.01. The van der Waals surface area contributed by atoms with Crippen LogP contribution in [-0.2, 0) is 11.2 Å². The quantitative estimate of drug-likeness (QED) is 0.750. The molecule has 1 saturated carbocycles. The van der Waals surface area contributed by atoms with Crippen molar-refractivity contribution in [2.75, 3.05) is 44.2 Å². The van der Waals surface area contributed by atoms with E-state index in [2.05, 4.69) is 46.9 Å². The molecular weight excluding hydrogens is 388 g/mol. The van der Waals surface area contributed by atoms with E-state index in [-0.39, 0.29) is 11.3 Å². The number of aromatic nitrogens is 1. The van der Waals surface area contributed by atoms with Crippen molar-refractivity contribution in [3.8, 4) is 5.75 Å². The van der Waals surface area contributed by atoms with Gasteiger partial charge in [0, 0.05) is 56.8 Å². The molecule has 2 fully saturated rings. The average molecular weight is 429 g/mol. The second-order valence-electron chi connectivity index (χ2n) is 10.9. The van der Waals surface area contributed by atoms with E-state index in [0.717, 1.165) is 69.5 Å². The molecule has 3 aliphatic rings. The van der Waals surface area contributed by atoms with E-state index in [9.17, 15) is 4.79 Å². The van der Waals surface area contributed by atoms with Crippen LogP contribution in [0.15, 0.2) is 12.3 Å². The van der Waals surface area contributed by atoms with Crippen LogP contribution in [0.4, 0.5) is 5.82 Å². The molecule has 2 aliphatic heterocycles. The van der Waals surface area contributed by atoms with Crippen molar-refractivity contribution >= 4 is 11.7 Å². The number of nitrogens with zero attached hydrogens (tertiary/aromatic N) is 3. The summed E-state index contributed by atoms with van der Waals surface area (Å²) in [7, 11) is 0. The third kappa shape index (κ3) is 6.12. The Kier molecular flexibility index (Phi) is 7.05. The van der Waals surface area contributed by atoms with E-state index in [4.69, 9.17) is 4.74 Å². The molecule has 1 aromatic heterocycles. The molecule has 3 heterocycles. The number of carbonyl (C=O) groups is 1. The molecular formula is C25H40N4O2. The first-order chi connectivity index (χ1) is 14.9. The van der Waals surface area contributed by atoms with Crippen molar-refractivity contribution in [2.45, 2.75) is 71.8 Å². The number of pyridine rings is 1. The van der Waals surface area contributed by atoms with E-state index in [1.165, 1.54) is 31.4 Å². The highest BCUT2D eigenvalue weighted by molar-refractivity contribution is 5.76. The van der Waals surface area contributed by atoms with Crippen LogP contribution in [-0.4, -0.2) is 61.2 Å². The Balaban J connectivity index is 1.15. The van der Waals surface area contributed by atoms with Gasteiger partial charge in [0.1, 0.15) is 0 Å². The van der Waals surface area contributed by atoms with Gasteiger partial charge in [0.05, 0.1) is 6.61 Å². The van der Waals surface area contributed by atoms with Crippen LogP contribution < -0.4 is 15.0 Å². The second-order valence-corrected chi connectivity index (χ2v) is 10.9. The van der Waals surface area contributed by atoms with Gasteiger partial charge in [-0.2, -0.15) is 0 Å². The van der Waals surface area contributed by atoms with Gasteiger partial charge in [-0.3, -0.25) is 9.69 Å². The summed E-state index contributed by atoms with van der Waals surface area (Å²) in [5.74, 6) is 3.09. The lowest BCUT2D eigenvalue weighted by molar-refractivity contribution is -0.123. The van der Waals surface area contributed by atoms with Crippen molar-refractivity contribution < 1.29 is 9.53 Å². The number of hydrogen-bond donors (Lipinski definition) is 1. The molecule has 0 bridgehead atoms. The summed E-state index contributed by atoms with van der Waals surface area (Å²) in [6, 6.07) is 2.48. The smallest absolute Gasteiger partial charge is 0.220 e. The van der Waals surface area contributed by atoms with Crippen LogP contribution in [0, 0.1) is 11.3 Å². The summed E-state index contributed by atoms with van der Waals surface area (Å²) in [4.78, 5) is 21.8. The molecule has 172 valence electrons. The molecule has 1 N–H and O–H groups in total. The van der Waals surface area contributed by atoms with E-state index in [0.29, 0.717) is 12.5 Å². The highest BCUT2D eigenvalue weighted by atomic mass is 16.5. The molecule has 6 heteroatoms. The van der Waals surface area contributed by atoms with Gasteiger partial charge in [0.25, 0.3) is 0 Å². The number of hydrogen-bond acceptors (Lipinski definition) is 5. The van der Waals surface area contributed by atoms with Crippen LogP contribution in [0.5, 0.6) is 5.75 Å². The number of anilines is 1. The molecule has 0 atom stereocenters. The lowest BCUT2D eigenvalue weighted by Gasteiger charge is -2.37. The molecule has 31 heavy (non-hydrogen) atoms. The van der Waals surface area contributed by atoms with Gasteiger partial charge in [-0.1, -0.05) is 20.8 Å². The van der Waals surface area contributed by atoms with Gasteiger partial charge in [-0.05, 0) is 56.0 Å². The first-order valence-electron chi connectivity index (χ1n) is 12.2. The number of carbonyl (C=O) groups excluding carboxylic acids is 1. The van der Waals surface area contributed by atoms with Gasteiger partial charge in [-0.25, -0.2) is 4.98 Å². The monoisotopic (exact) mass is 428 g/mol. The summed E-state index contributed by atoms with van der Waals surface area (Å²) in [6.07, 6.45) is 9.61. The highest BCUT2D eigenvalue weighted by Crippen LogP contribution is 2.34. The fraction of sp³-hybridized carbons (Fsp3) is 0.760. The minimum Gasteiger partial charge on any atom is -0.489 e. The maximum absolute atomic E-state index is 12.2. The Bertz CT molecular complexity index is 744. The summed E-state index contributed by atoms with van der Waals surface area (Å²) in [5, 5.41) is 3.27. The molecule has 0 spiro atoms. The molecule has 4 rings (SSSR count). The molecule has 1 saturated heterocycles. The van der Waals surface area contributed by atoms with Crippen LogP contribution in [0.3, 0.4) is 0 Å². The first kappa shape index (κ1) is 22.4.